The van der Waals surface area contributed by atoms with Gasteiger partial charge in [0.1, 0.15) is 11.4 Å². The van der Waals surface area contributed by atoms with E-state index >= 15 is 0 Å². The van der Waals surface area contributed by atoms with Crippen molar-refractivity contribution in [2.75, 3.05) is 44.4 Å². The Morgan fingerprint density at radius 3 is 2.52 bits per heavy atom. The topological polar surface area (TPSA) is 78.7 Å². The molecule has 0 heterocycles. The molecule has 0 aliphatic heterocycles. The van der Waals surface area contributed by atoms with E-state index in [9.17, 15) is 14.9 Å². The van der Waals surface area contributed by atoms with E-state index in [-0.39, 0.29) is 18.1 Å². The monoisotopic (exact) mass is 294 g/mol. The van der Waals surface area contributed by atoms with Crippen LogP contribution in [-0.2, 0) is 4.79 Å². The number of carbonyl (C=O) groups is 1. The van der Waals surface area contributed by atoms with Gasteiger partial charge in [-0.15, -0.1) is 0 Å². The molecule has 0 aliphatic carbocycles. The molecule has 0 atom stereocenters. The molecule has 0 saturated carbocycles. The number of hydrogen-bond donors (Lipinski definition) is 1. The fraction of sp³-hybridized carbons (Fsp3) is 0.500. The minimum Gasteiger partial charge on any atom is -0.379 e. The van der Waals surface area contributed by atoms with Gasteiger partial charge in [0, 0.05) is 27.7 Å². The average molecular weight is 294 g/mol. The van der Waals surface area contributed by atoms with E-state index < -0.39 is 4.92 Å². The molecule has 1 amide bonds. The van der Waals surface area contributed by atoms with Crippen LogP contribution in [0.5, 0.6) is 0 Å². The summed E-state index contributed by atoms with van der Waals surface area (Å²) in [6, 6.07) is 5.08. The molecule has 0 aliphatic rings. The number of carbonyl (C=O) groups excluding carboxylic acids is 1. The number of anilines is 2. The van der Waals surface area contributed by atoms with E-state index in [1.807, 2.05) is 6.92 Å². The van der Waals surface area contributed by atoms with Gasteiger partial charge in [0.15, 0.2) is 0 Å². The number of para-hydroxylation sites is 1. The Bertz CT molecular complexity index is 517. The standard InChI is InChI=1S/C14H22N4O3/c1-5-9-15-11-7-6-8-12(14(11)18(20)21)17(4)10-13(19)16(2)3/h6-8,15H,5,9-10H2,1-4H3. The van der Waals surface area contributed by atoms with Crippen molar-refractivity contribution in [3.63, 3.8) is 0 Å². The summed E-state index contributed by atoms with van der Waals surface area (Å²) in [7, 11) is 4.99. The Labute approximate surface area is 124 Å². The maximum Gasteiger partial charge on any atom is 0.315 e. The Balaban J connectivity index is 3.10. The SMILES string of the molecule is CCCNc1cccc(N(C)CC(=O)N(C)C)c1[N+](=O)[O-]. The summed E-state index contributed by atoms with van der Waals surface area (Å²) in [6.07, 6.45) is 0.871. The molecular weight excluding hydrogens is 272 g/mol. The molecule has 1 N–H and O–H groups in total. The lowest BCUT2D eigenvalue weighted by atomic mass is 10.2. The van der Waals surface area contributed by atoms with Gasteiger partial charge in [-0.25, -0.2) is 0 Å². The largest absolute Gasteiger partial charge is 0.379 e. The van der Waals surface area contributed by atoms with Gasteiger partial charge in [0.05, 0.1) is 11.5 Å². The van der Waals surface area contributed by atoms with Crippen LogP contribution in [0.2, 0.25) is 0 Å². The first kappa shape index (κ1) is 16.7. The predicted molar refractivity (Wildman–Crippen MR) is 83.8 cm³/mol. The van der Waals surface area contributed by atoms with Gasteiger partial charge >= 0.3 is 5.69 Å². The normalized spacial score (nSPS) is 10.1. The zero-order chi connectivity index (χ0) is 16.0. The van der Waals surface area contributed by atoms with Crippen molar-refractivity contribution < 1.29 is 9.72 Å². The molecular formula is C14H22N4O3. The highest BCUT2D eigenvalue weighted by atomic mass is 16.6. The van der Waals surface area contributed by atoms with Crippen molar-refractivity contribution in [2.24, 2.45) is 0 Å². The second kappa shape index (κ2) is 7.47. The fourth-order valence-electron chi connectivity index (χ4n) is 1.86. The third-order valence-electron chi connectivity index (χ3n) is 3.05. The van der Waals surface area contributed by atoms with Gasteiger partial charge in [-0.1, -0.05) is 13.0 Å². The summed E-state index contributed by atoms with van der Waals surface area (Å²) in [6.45, 7) is 2.74. The lowest BCUT2D eigenvalue weighted by molar-refractivity contribution is -0.383. The maximum absolute atomic E-state index is 11.8. The van der Waals surface area contributed by atoms with Crippen molar-refractivity contribution in [2.45, 2.75) is 13.3 Å². The lowest BCUT2D eigenvalue weighted by Crippen LogP contribution is -2.34. The highest BCUT2D eigenvalue weighted by Crippen LogP contribution is 2.34. The van der Waals surface area contributed by atoms with Crippen molar-refractivity contribution in [1.29, 1.82) is 0 Å². The molecule has 1 aromatic carbocycles. The summed E-state index contributed by atoms with van der Waals surface area (Å²) in [5.41, 5.74) is 0.903. The van der Waals surface area contributed by atoms with E-state index in [4.69, 9.17) is 0 Å². The van der Waals surface area contributed by atoms with Gasteiger partial charge in [0.25, 0.3) is 0 Å². The first-order valence-electron chi connectivity index (χ1n) is 6.81. The van der Waals surface area contributed by atoms with Crippen LogP contribution in [0, 0.1) is 10.1 Å². The molecule has 7 heteroatoms. The molecule has 0 aromatic heterocycles. The summed E-state index contributed by atoms with van der Waals surface area (Å²) in [5.74, 6) is -0.112. The number of nitro groups is 1. The quantitative estimate of drug-likeness (QED) is 0.614. The number of benzene rings is 1. The average Bonchev–Trinajstić information content (AvgIpc) is 2.43. The van der Waals surface area contributed by atoms with Gasteiger partial charge in [-0.2, -0.15) is 0 Å². The molecule has 1 rings (SSSR count). The van der Waals surface area contributed by atoms with Crippen LogP contribution in [0.25, 0.3) is 0 Å². The second-order valence-electron chi connectivity index (χ2n) is 5.00. The molecule has 0 bridgehead atoms. The van der Waals surface area contributed by atoms with Crippen molar-refractivity contribution in [3.05, 3.63) is 28.3 Å². The number of nitrogens with zero attached hydrogens (tertiary/aromatic N) is 3. The smallest absolute Gasteiger partial charge is 0.315 e. The van der Waals surface area contributed by atoms with Crippen LogP contribution >= 0.6 is 0 Å². The minimum atomic E-state index is -0.413. The first-order chi connectivity index (χ1) is 9.88. The highest BCUT2D eigenvalue weighted by molar-refractivity contribution is 5.84. The summed E-state index contributed by atoms with van der Waals surface area (Å²) in [5, 5.41) is 14.4. The highest BCUT2D eigenvalue weighted by Gasteiger charge is 2.23. The number of rotatable bonds is 7. The second-order valence-corrected chi connectivity index (χ2v) is 5.00. The van der Waals surface area contributed by atoms with Crippen LogP contribution in [0.4, 0.5) is 17.1 Å². The Hall–Kier alpha value is -2.31. The van der Waals surface area contributed by atoms with Gasteiger partial charge in [-0.05, 0) is 18.6 Å². The van der Waals surface area contributed by atoms with Crippen LogP contribution < -0.4 is 10.2 Å². The molecule has 0 radical (unpaired) electrons. The Kier molecular flexibility index (Phi) is 5.95. The van der Waals surface area contributed by atoms with E-state index in [1.54, 1.807) is 44.2 Å². The third kappa shape index (κ3) is 4.34. The lowest BCUT2D eigenvalue weighted by Gasteiger charge is -2.21. The molecule has 0 spiro atoms. The van der Waals surface area contributed by atoms with Crippen LogP contribution in [0.3, 0.4) is 0 Å². The van der Waals surface area contributed by atoms with Crippen LogP contribution in [0.1, 0.15) is 13.3 Å². The number of likely N-dealkylation sites (N-methyl/N-ethyl adjacent to an activating group) is 2. The van der Waals surface area contributed by atoms with Gasteiger partial charge in [-0.3, -0.25) is 14.9 Å². The predicted octanol–water partition coefficient (Wildman–Crippen LogP) is 1.94. The first-order valence-corrected chi connectivity index (χ1v) is 6.81. The number of amides is 1. The molecule has 7 nitrogen and oxygen atoms in total. The van der Waals surface area contributed by atoms with E-state index in [0.29, 0.717) is 17.9 Å². The van der Waals surface area contributed by atoms with E-state index in [1.165, 1.54) is 4.90 Å². The molecule has 0 fully saturated rings. The van der Waals surface area contributed by atoms with Crippen molar-refractivity contribution >= 4 is 23.0 Å². The number of nitro benzene ring substituents is 1. The minimum absolute atomic E-state index is 0.00000567. The Morgan fingerprint density at radius 2 is 2.00 bits per heavy atom. The van der Waals surface area contributed by atoms with Crippen LogP contribution in [-0.4, -0.2) is 50.0 Å². The molecule has 1 aromatic rings. The fourth-order valence-corrected chi connectivity index (χ4v) is 1.86. The van der Waals surface area contributed by atoms with Gasteiger partial charge < -0.3 is 15.1 Å². The summed E-state index contributed by atoms with van der Waals surface area (Å²) in [4.78, 5) is 25.8. The van der Waals surface area contributed by atoms with Crippen molar-refractivity contribution in [1.82, 2.24) is 4.90 Å². The zero-order valence-corrected chi connectivity index (χ0v) is 12.9. The molecule has 0 saturated heterocycles. The zero-order valence-electron chi connectivity index (χ0n) is 12.9. The van der Waals surface area contributed by atoms with Gasteiger partial charge in [0.2, 0.25) is 5.91 Å². The molecule has 116 valence electrons. The van der Waals surface area contributed by atoms with Crippen LogP contribution in [0.15, 0.2) is 18.2 Å². The number of nitrogens with one attached hydrogen (secondary N) is 1. The van der Waals surface area contributed by atoms with E-state index in [2.05, 4.69) is 5.32 Å². The third-order valence-corrected chi connectivity index (χ3v) is 3.05. The molecule has 0 unspecified atom stereocenters. The van der Waals surface area contributed by atoms with Crippen molar-refractivity contribution in [3.8, 4) is 0 Å². The molecule has 21 heavy (non-hydrogen) atoms. The maximum atomic E-state index is 11.8. The summed E-state index contributed by atoms with van der Waals surface area (Å²) < 4.78 is 0. The summed E-state index contributed by atoms with van der Waals surface area (Å²) >= 11 is 0. The Morgan fingerprint density at radius 1 is 1.33 bits per heavy atom. The van der Waals surface area contributed by atoms with E-state index in [0.717, 1.165) is 6.42 Å². The number of hydrogen-bond acceptors (Lipinski definition) is 5.